The molecule has 2 aromatic carbocycles. The van der Waals surface area contributed by atoms with Gasteiger partial charge in [-0.2, -0.15) is 0 Å². The monoisotopic (exact) mass is 477 g/mol. The van der Waals surface area contributed by atoms with Gasteiger partial charge in [-0.3, -0.25) is 5.41 Å². The van der Waals surface area contributed by atoms with Gasteiger partial charge in [-0.1, -0.05) is 23.2 Å². The van der Waals surface area contributed by atoms with Crippen molar-refractivity contribution in [2.45, 2.75) is 6.04 Å². The molecule has 164 valence electrons. The molecule has 0 aliphatic heterocycles. The minimum Gasteiger partial charge on any atom is -0.489 e. The first kappa shape index (κ1) is 25.8. The summed E-state index contributed by atoms with van der Waals surface area (Å²) in [6, 6.07) is 8.14. The summed E-state index contributed by atoms with van der Waals surface area (Å²) in [4.78, 5) is 12.0. The van der Waals surface area contributed by atoms with Crippen LogP contribution in [-0.2, 0) is 9.53 Å². The average molecular weight is 479 g/mol. The summed E-state index contributed by atoms with van der Waals surface area (Å²) >= 11 is 12.3. The van der Waals surface area contributed by atoms with E-state index in [1.165, 1.54) is 12.1 Å². The van der Waals surface area contributed by atoms with E-state index in [4.69, 9.17) is 48.9 Å². The van der Waals surface area contributed by atoms with E-state index in [1.54, 1.807) is 24.3 Å². The van der Waals surface area contributed by atoms with E-state index in [2.05, 4.69) is 5.32 Å². The number of hydrogen-bond acceptors (Lipinski definition) is 6. The number of halogens is 3. The van der Waals surface area contributed by atoms with Crippen molar-refractivity contribution in [2.75, 3.05) is 31.7 Å². The van der Waals surface area contributed by atoms with Gasteiger partial charge in [0.15, 0.2) is 6.04 Å². The first-order chi connectivity index (χ1) is 13.8. The standard InChI is InChI=1S/C19H21Cl2N3O5.ClH/c20-12-9-14(17(15(21)10-12)29-8-7-28-6-5-25)16(19(26)27)24-13-3-1-11(2-4-13)18(22)23;/h1-4,9-10,16,24-25H,5-8H2,(H3,22,23)(H,26,27);1H. The second kappa shape index (κ2) is 12.5. The van der Waals surface area contributed by atoms with E-state index in [-0.39, 0.29) is 66.0 Å². The first-order valence-corrected chi connectivity index (χ1v) is 9.33. The zero-order valence-corrected chi connectivity index (χ0v) is 18.1. The van der Waals surface area contributed by atoms with E-state index in [1.807, 2.05) is 0 Å². The quantitative estimate of drug-likeness (QED) is 0.190. The van der Waals surface area contributed by atoms with Crippen molar-refractivity contribution >= 4 is 53.1 Å². The van der Waals surface area contributed by atoms with Gasteiger partial charge in [0, 0.05) is 21.8 Å². The van der Waals surface area contributed by atoms with Gasteiger partial charge < -0.3 is 30.7 Å². The third-order valence-corrected chi connectivity index (χ3v) is 4.31. The molecule has 0 bridgehead atoms. The van der Waals surface area contributed by atoms with E-state index in [0.29, 0.717) is 11.3 Å². The lowest BCUT2D eigenvalue weighted by Gasteiger charge is -2.21. The van der Waals surface area contributed by atoms with E-state index >= 15 is 0 Å². The number of carboxylic acids is 1. The number of hydrogen-bond donors (Lipinski definition) is 5. The van der Waals surface area contributed by atoms with Gasteiger partial charge >= 0.3 is 5.97 Å². The molecule has 6 N–H and O–H groups in total. The normalized spacial score (nSPS) is 11.3. The maximum atomic E-state index is 12.0. The number of ether oxygens (including phenoxy) is 2. The van der Waals surface area contributed by atoms with Crippen molar-refractivity contribution < 1.29 is 24.5 Å². The number of benzene rings is 2. The molecule has 2 rings (SSSR count). The van der Waals surface area contributed by atoms with Gasteiger partial charge in [-0.05, 0) is 36.4 Å². The molecule has 0 aliphatic rings. The average Bonchev–Trinajstić information content (AvgIpc) is 2.67. The molecule has 2 aromatic rings. The van der Waals surface area contributed by atoms with Crippen LogP contribution in [0.5, 0.6) is 5.75 Å². The molecular weight excluding hydrogens is 457 g/mol. The Hall–Kier alpha value is -2.23. The number of amidine groups is 1. The Morgan fingerprint density at radius 1 is 1.17 bits per heavy atom. The number of carbonyl (C=O) groups is 1. The summed E-state index contributed by atoms with van der Waals surface area (Å²) in [5.41, 5.74) is 6.69. The van der Waals surface area contributed by atoms with E-state index in [0.717, 1.165) is 0 Å². The molecule has 11 heteroatoms. The van der Waals surface area contributed by atoms with Crippen molar-refractivity contribution in [1.82, 2.24) is 0 Å². The molecular formula is C19H22Cl3N3O5. The smallest absolute Gasteiger partial charge is 0.330 e. The lowest BCUT2D eigenvalue weighted by molar-refractivity contribution is -0.138. The number of aliphatic carboxylic acids is 1. The highest BCUT2D eigenvalue weighted by Gasteiger charge is 2.26. The summed E-state index contributed by atoms with van der Waals surface area (Å²) < 4.78 is 10.8. The van der Waals surface area contributed by atoms with Gasteiger partial charge in [-0.15, -0.1) is 12.4 Å². The highest BCUT2D eigenvalue weighted by molar-refractivity contribution is 6.35. The second-order valence-electron chi connectivity index (χ2n) is 5.90. The van der Waals surface area contributed by atoms with Crippen LogP contribution in [0.15, 0.2) is 36.4 Å². The molecule has 0 aromatic heterocycles. The number of carboxylic acid groups (broad SMARTS) is 1. The summed E-state index contributed by atoms with van der Waals surface area (Å²) in [6.07, 6.45) is 0. The SMILES string of the molecule is Cl.N=C(N)c1ccc(NC(C(=O)O)c2cc(Cl)cc(Cl)c2OCCOCCO)cc1. The Morgan fingerprint density at radius 3 is 2.40 bits per heavy atom. The fourth-order valence-electron chi connectivity index (χ4n) is 2.50. The summed E-state index contributed by atoms with van der Waals surface area (Å²) in [6.45, 7) is 0.352. The molecule has 0 saturated heterocycles. The molecule has 0 amide bonds. The molecule has 0 saturated carbocycles. The third kappa shape index (κ3) is 7.23. The van der Waals surface area contributed by atoms with Crippen molar-refractivity contribution in [2.24, 2.45) is 5.73 Å². The first-order valence-electron chi connectivity index (χ1n) is 8.57. The Balaban J connectivity index is 0.00000450. The number of anilines is 1. The summed E-state index contributed by atoms with van der Waals surface area (Å²) in [7, 11) is 0. The Labute approximate surface area is 189 Å². The van der Waals surface area contributed by atoms with Crippen LogP contribution >= 0.6 is 35.6 Å². The fraction of sp³-hybridized carbons (Fsp3) is 0.263. The van der Waals surface area contributed by atoms with E-state index in [9.17, 15) is 9.90 Å². The minimum atomic E-state index is -1.21. The molecule has 1 unspecified atom stereocenters. The second-order valence-corrected chi connectivity index (χ2v) is 6.74. The maximum Gasteiger partial charge on any atom is 0.330 e. The molecule has 1 atom stereocenters. The van der Waals surface area contributed by atoms with Crippen molar-refractivity contribution in [3.63, 3.8) is 0 Å². The number of nitrogens with one attached hydrogen (secondary N) is 2. The van der Waals surface area contributed by atoms with Gasteiger partial charge in [0.05, 0.1) is 24.8 Å². The predicted molar refractivity (Wildman–Crippen MR) is 119 cm³/mol. The summed E-state index contributed by atoms with van der Waals surface area (Å²) in [5.74, 6) is -1.09. The van der Waals surface area contributed by atoms with Crippen molar-refractivity contribution in [3.8, 4) is 5.75 Å². The van der Waals surface area contributed by atoms with Crippen LogP contribution in [-0.4, -0.2) is 48.4 Å². The van der Waals surface area contributed by atoms with Crippen LogP contribution in [0.1, 0.15) is 17.2 Å². The topological polar surface area (TPSA) is 138 Å². The molecule has 0 radical (unpaired) electrons. The molecule has 0 heterocycles. The number of nitrogen functional groups attached to an aromatic ring is 1. The highest BCUT2D eigenvalue weighted by Crippen LogP contribution is 2.37. The van der Waals surface area contributed by atoms with Gasteiger partial charge in [-0.25, -0.2) is 4.79 Å². The summed E-state index contributed by atoms with van der Waals surface area (Å²) in [5, 5.41) is 29.2. The lowest BCUT2D eigenvalue weighted by atomic mass is 10.0. The van der Waals surface area contributed by atoms with Crippen LogP contribution in [0.3, 0.4) is 0 Å². The zero-order chi connectivity index (χ0) is 21.4. The van der Waals surface area contributed by atoms with Crippen LogP contribution in [0.4, 0.5) is 5.69 Å². The molecule has 30 heavy (non-hydrogen) atoms. The van der Waals surface area contributed by atoms with Crippen LogP contribution < -0.4 is 15.8 Å². The Bertz CT molecular complexity index is 865. The van der Waals surface area contributed by atoms with Gasteiger partial charge in [0.2, 0.25) is 0 Å². The van der Waals surface area contributed by atoms with Crippen molar-refractivity contribution in [1.29, 1.82) is 5.41 Å². The van der Waals surface area contributed by atoms with Crippen LogP contribution in [0, 0.1) is 5.41 Å². The van der Waals surface area contributed by atoms with Gasteiger partial charge in [0.25, 0.3) is 0 Å². The Morgan fingerprint density at radius 2 is 1.83 bits per heavy atom. The van der Waals surface area contributed by atoms with Crippen LogP contribution in [0.25, 0.3) is 0 Å². The Kier molecular flexibility index (Phi) is 10.7. The number of rotatable bonds is 11. The molecule has 0 spiro atoms. The minimum absolute atomic E-state index is 0. The number of nitrogens with two attached hydrogens (primary N) is 1. The largest absolute Gasteiger partial charge is 0.489 e. The van der Waals surface area contributed by atoms with Crippen LogP contribution in [0.2, 0.25) is 10.0 Å². The number of aliphatic hydroxyl groups excluding tert-OH is 1. The van der Waals surface area contributed by atoms with Gasteiger partial charge in [0.1, 0.15) is 18.2 Å². The third-order valence-electron chi connectivity index (χ3n) is 3.81. The predicted octanol–water partition coefficient (Wildman–Crippen LogP) is 3.32. The zero-order valence-electron chi connectivity index (χ0n) is 15.7. The highest BCUT2D eigenvalue weighted by atomic mass is 35.5. The number of aliphatic hydroxyl groups is 1. The lowest BCUT2D eigenvalue weighted by Crippen LogP contribution is -2.22. The van der Waals surface area contributed by atoms with E-state index < -0.39 is 12.0 Å². The molecule has 8 nitrogen and oxygen atoms in total. The van der Waals surface area contributed by atoms with Crippen molar-refractivity contribution in [3.05, 3.63) is 57.6 Å². The molecule has 0 aliphatic carbocycles. The fourth-order valence-corrected chi connectivity index (χ4v) is 3.07. The maximum absolute atomic E-state index is 12.0. The molecule has 0 fully saturated rings.